The van der Waals surface area contributed by atoms with Crippen LogP contribution in [-0.4, -0.2) is 15.4 Å². The molecule has 0 saturated heterocycles. The Morgan fingerprint density at radius 2 is 1.74 bits per heavy atom. The average Bonchev–Trinajstić information content (AvgIpc) is 2.65. The van der Waals surface area contributed by atoms with Gasteiger partial charge in [0, 0.05) is 24.0 Å². The molecule has 0 saturated carbocycles. The van der Waals surface area contributed by atoms with Gasteiger partial charge in [-0.3, -0.25) is 19.7 Å². The fourth-order valence-corrected chi connectivity index (χ4v) is 2.59. The highest BCUT2D eigenvalue weighted by Gasteiger charge is 2.13. The molecule has 2 aromatic carbocycles. The van der Waals surface area contributed by atoms with E-state index < -0.39 is 16.4 Å². The molecule has 1 amide bonds. The molecule has 136 valence electrons. The zero-order valence-electron chi connectivity index (χ0n) is 14.6. The van der Waals surface area contributed by atoms with Crippen molar-refractivity contribution in [3.05, 3.63) is 104 Å². The molecule has 3 aromatic rings. The summed E-state index contributed by atoms with van der Waals surface area (Å²) in [4.78, 5) is 35.3. The van der Waals surface area contributed by atoms with Crippen LogP contribution in [0.1, 0.15) is 21.5 Å². The monoisotopic (exact) mass is 363 g/mol. The van der Waals surface area contributed by atoms with E-state index >= 15 is 0 Å². The Hall–Kier alpha value is -3.74. The number of nitro groups is 1. The predicted octanol–water partition coefficient (Wildman–Crippen LogP) is 3.37. The van der Waals surface area contributed by atoms with E-state index in [9.17, 15) is 19.7 Å². The third-order valence-corrected chi connectivity index (χ3v) is 4.07. The van der Waals surface area contributed by atoms with Crippen molar-refractivity contribution >= 4 is 17.3 Å². The number of nitrogens with zero attached hydrogens (tertiary/aromatic N) is 2. The molecule has 1 N–H and O–H groups in total. The summed E-state index contributed by atoms with van der Waals surface area (Å²) in [5.41, 5.74) is 1.98. The summed E-state index contributed by atoms with van der Waals surface area (Å²) in [5, 5.41) is 13.4. The summed E-state index contributed by atoms with van der Waals surface area (Å²) < 4.78 is 1.39. The fourth-order valence-electron chi connectivity index (χ4n) is 2.59. The number of pyridine rings is 1. The van der Waals surface area contributed by atoms with Crippen LogP contribution in [0.4, 0.5) is 11.4 Å². The number of rotatable bonds is 5. The lowest BCUT2D eigenvalue weighted by Gasteiger charge is -2.09. The molecule has 0 fully saturated rings. The van der Waals surface area contributed by atoms with Gasteiger partial charge in [-0.15, -0.1) is 0 Å². The van der Waals surface area contributed by atoms with Crippen LogP contribution in [0.15, 0.2) is 71.7 Å². The van der Waals surface area contributed by atoms with Gasteiger partial charge < -0.3 is 9.88 Å². The molecule has 27 heavy (non-hydrogen) atoms. The van der Waals surface area contributed by atoms with Crippen molar-refractivity contribution in [2.75, 3.05) is 5.32 Å². The van der Waals surface area contributed by atoms with E-state index in [0.29, 0.717) is 5.69 Å². The zero-order chi connectivity index (χ0) is 19.4. The van der Waals surface area contributed by atoms with E-state index in [0.717, 1.165) is 11.1 Å². The number of anilines is 1. The maximum absolute atomic E-state index is 12.6. The van der Waals surface area contributed by atoms with Crippen LogP contribution in [0.2, 0.25) is 0 Å². The molecule has 0 aliphatic carbocycles. The SMILES string of the molecule is Cc1ccc(NC(=O)c2cccn(Cc3ccc([N+](=O)[O-])cc3)c2=O)cc1. The highest BCUT2D eigenvalue weighted by atomic mass is 16.6. The van der Waals surface area contributed by atoms with Gasteiger partial charge in [0.05, 0.1) is 11.5 Å². The first-order valence-corrected chi connectivity index (χ1v) is 8.25. The molecule has 7 nitrogen and oxygen atoms in total. The van der Waals surface area contributed by atoms with Crippen LogP contribution in [0.3, 0.4) is 0 Å². The molecular weight excluding hydrogens is 346 g/mol. The number of nitro benzene ring substituents is 1. The lowest BCUT2D eigenvalue weighted by molar-refractivity contribution is -0.384. The topological polar surface area (TPSA) is 94.2 Å². The Morgan fingerprint density at radius 3 is 2.37 bits per heavy atom. The second-order valence-corrected chi connectivity index (χ2v) is 6.10. The van der Waals surface area contributed by atoms with Crippen molar-refractivity contribution < 1.29 is 9.72 Å². The molecule has 0 radical (unpaired) electrons. The van der Waals surface area contributed by atoms with Gasteiger partial charge in [-0.25, -0.2) is 0 Å². The van der Waals surface area contributed by atoms with Gasteiger partial charge in [0.15, 0.2) is 0 Å². The summed E-state index contributed by atoms with van der Waals surface area (Å²) in [5.74, 6) is -0.484. The predicted molar refractivity (Wildman–Crippen MR) is 102 cm³/mol. The summed E-state index contributed by atoms with van der Waals surface area (Å²) in [7, 11) is 0. The van der Waals surface area contributed by atoms with E-state index in [2.05, 4.69) is 5.32 Å². The molecule has 1 aromatic heterocycles. The number of hydrogen-bond acceptors (Lipinski definition) is 4. The van der Waals surface area contributed by atoms with Gasteiger partial charge >= 0.3 is 0 Å². The Morgan fingerprint density at radius 1 is 1.07 bits per heavy atom. The number of non-ortho nitro benzene ring substituents is 1. The zero-order valence-corrected chi connectivity index (χ0v) is 14.6. The van der Waals surface area contributed by atoms with Crippen LogP contribution in [0.5, 0.6) is 0 Å². The Labute approximate surface area is 155 Å². The highest BCUT2D eigenvalue weighted by molar-refractivity contribution is 6.03. The van der Waals surface area contributed by atoms with Crippen molar-refractivity contribution in [3.8, 4) is 0 Å². The third-order valence-electron chi connectivity index (χ3n) is 4.07. The van der Waals surface area contributed by atoms with E-state index in [1.165, 1.54) is 22.8 Å². The quantitative estimate of drug-likeness (QED) is 0.555. The largest absolute Gasteiger partial charge is 0.322 e. The van der Waals surface area contributed by atoms with E-state index in [4.69, 9.17) is 0 Å². The van der Waals surface area contributed by atoms with Gasteiger partial charge in [-0.05, 0) is 36.8 Å². The van der Waals surface area contributed by atoms with E-state index in [1.54, 1.807) is 36.5 Å². The van der Waals surface area contributed by atoms with Crippen molar-refractivity contribution in [1.29, 1.82) is 0 Å². The average molecular weight is 363 g/mol. The number of nitrogens with one attached hydrogen (secondary N) is 1. The van der Waals surface area contributed by atoms with Crippen molar-refractivity contribution in [2.24, 2.45) is 0 Å². The first-order chi connectivity index (χ1) is 12.9. The molecule has 0 atom stereocenters. The van der Waals surface area contributed by atoms with Crippen LogP contribution in [-0.2, 0) is 6.54 Å². The highest BCUT2D eigenvalue weighted by Crippen LogP contribution is 2.13. The minimum atomic E-state index is -0.484. The van der Waals surface area contributed by atoms with Gasteiger partial charge in [0.25, 0.3) is 17.2 Å². The Bertz CT molecular complexity index is 1040. The number of aromatic nitrogens is 1. The minimum absolute atomic E-state index is 0.0164. The lowest BCUT2D eigenvalue weighted by Crippen LogP contribution is -2.29. The molecular formula is C20H17N3O4. The number of carbonyl (C=O) groups excluding carboxylic acids is 1. The number of hydrogen-bond donors (Lipinski definition) is 1. The molecule has 3 rings (SSSR count). The smallest absolute Gasteiger partial charge is 0.269 e. The maximum Gasteiger partial charge on any atom is 0.269 e. The second-order valence-electron chi connectivity index (χ2n) is 6.10. The summed E-state index contributed by atoms with van der Waals surface area (Å²) in [6, 6.07) is 16.3. The maximum atomic E-state index is 12.6. The molecule has 0 aliphatic rings. The van der Waals surface area contributed by atoms with Gasteiger partial charge in [0.1, 0.15) is 5.56 Å². The molecule has 7 heteroatoms. The van der Waals surface area contributed by atoms with Crippen molar-refractivity contribution in [1.82, 2.24) is 4.57 Å². The number of benzene rings is 2. The molecule has 1 heterocycles. The van der Waals surface area contributed by atoms with Gasteiger partial charge in [0.2, 0.25) is 0 Å². The minimum Gasteiger partial charge on any atom is -0.322 e. The normalized spacial score (nSPS) is 10.4. The Kier molecular flexibility index (Phi) is 5.12. The first-order valence-electron chi connectivity index (χ1n) is 8.25. The van der Waals surface area contributed by atoms with Crippen LogP contribution >= 0.6 is 0 Å². The van der Waals surface area contributed by atoms with Crippen molar-refractivity contribution in [2.45, 2.75) is 13.5 Å². The summed E-state index contributed by atoms with van der Waals surface area (Å²) in [6.45, 7) is 2.15. The first kappa shape index (κ1) is 18.1. The third kappa shape index (κ3) is 4.27. The molecule has 0 aliphatic heterocycles. The lowest BCUT2D eigenvalue weighted by atomic mass is 10.2. The van der Waals surface area contributed by atoms with E-state index in [1.807, 2.05) is 19.1 Å². The van der Waals surface area contributed by atoms with Crippen molar-refractivity contribution in [3.63, 3.8) is 0 Å². The number of aryl methyl sites for hydroxylation is 1. The molecule has 0 spiro atoms. The van der Waals surface area contributed by atoms with Crippen LogP contribution in [0.25, 0.3) is 0 Å². The molecule has 0 bridgehead atoms. The van der Waals surface area contributed by atoms with Crippen LogP contribution in [0, 0.1) is 17.0 Å². The number of amides is 1. The standard InChI is InChI=1S/C20H17N3O4/c1-14-4-8-16(9-5-14)21-19(24)18-3-2-12-22(20(18)25)13-15-6-10-17(11-7-15)23(26)27/h2-12H,13H2,1H3,(H,21,24). The van der Waals surface area contributed by atoms with Crippen LogP contribution < -0.4 is 10.9 Å². The van der Waals surface area contributed by atoms with E-state index in [-0.39, 0.29) is 17.8 Å². The summed E-state index contributed by atoms with van der Waals surface area (Å²) >= 11 is 0. The second kappa shape index (κ2) is 7.65. The Balaban J connectivity index is 1.80. The van der Waals surface area contributed by atoms with Gasteiger partial charge in [-0.1, -0.05) is 29.8 Å². The van der Waals surface area contributed by atoms with Gasteiger partial charge in [-0.2, -0.15) is 0 Å². The molecule has 0 unspecified atom stereocenters. The fraction of sp³-hybridized carbons (Fsp3) is 0.100. The number of carbonyl (C=O) groups is 1. The summed E-state index contributed by atoms with van der Waals surface area (Å²) in [6.07, 6.45) is 1.58.